The van der Waals surface area contributed by atoms with Crippen LogP contribution in [0.4, 0.5) is 0 Å². The van der Waals surface area contributed by atoms with Crippen molar-refractivity contribution in [3.8, 4) is 40.2 Å². The Morgan fingerprint density at radius 3 is 2.59 bits per heavy atom. The lowest BCUT2D eigenvalue weighted by molar-refractivity contribution is 0.415. The number of aryl methyl sites for hydroxylation is 1. The number of pyridine rings is 1. The maximum atomic E-state index is 5.87. The summed E-state index contributed by atoms with van der Waals surface area (Å²) in [6.45, 7) is 4.16. The third kappa shape index (κ3) is 3.62. The fourth-order valence-corrected chi connectivity index (χ4v) is 3.21. The second kappa shape index (κ2) is 8.06. The third-order valence-electron chi connectivity index (χ3n) is 5.06. The molecule has 160 valence electrons. The van der Waals surface area contributed by atoms with Crippen molar-refractivity contribution >= 4 is 0 Å². The molecule has 10 heteroatoms. The van der Waals surface area contributed by atoms with E-state index in [1.807, 2.05) is 50.2 Å². The fourth-order valence-electron chi connectivity index (χ4n) is 3.21. The normalized spacial score (nSPS) is 11.1. The van der Waals surface area contributed by atoms with Crippen LogP contribution in [0.5, 0.6) is 5.75 Å². The van der Waals surface area contributed by atoms with E-state index >= 15 is 0 Å². The summed E-state index contributed by atoms with van der Waals surface area (Å²) in [5, 5.41) is 12.5. The van der Waals surface area contributed by atoms with Gasteiger partial charge < -0.3 is 13.7 Å². The van der Waals surface area contributed by atoms with E-state index in [0.717, 1.165) is 28.3 Å². The van der Waals surface area contributed by atoms with E-state index in [1.54, 1.807) is 24.2 Å². The van der Waals surface area contributed by atoms with Crippen molar-refractivity contribution in [3.63, 3.8) is 0 Å². The van der Waals surface area contributed by atoms with E-state index in [-0.39, 0.29) is 0 Å². The SMILES string of the molecule is COc1ccc(-c2nc(Cn3nnc(-c4nc(-c5cccnc5)no4)c3C)c(C)o2)cc1. The molecule has 0 aliphatic rings. The summed E-state index contributed by atoms with van der Waals surface area (Å²) in [6, 6.07) is 11.2. The highest BCUT2D eigenvalue weighted by Gasteiger charge is 2.20. The summed E-state index contributed by atoms with van der Waals surface area (Å²) in [7, 11) is 1.63. The smallest absolute Gasteiger partial charge is 0.280 e. The molecule has 0 unspecified atom stereocenters. The maximum absolute atomic E-state index is 5.87. The molecule has 0 spiro atoms. The molecule has 1 aromatic carbocycles. The lowest BCUT2D eigenvalue weighted by atomic mass is 10.2. The Morgan fingerprint density at radius 2 is 1.84 bits per heavy atom. The van der Waals surface area contributed by atoms with Gasteiger partial charge in [-0.15, -0.1) is 5.10 Å². The van der Waals surface area contributed by atoms with Crippen molar-refractivity contribution in [2.24, 2.45) is 0 Å². The molecule has 0 saturated carbocycles. The van der Waals surface area contributed by atoms with Crippen molar-refractivity contribution in [1.82, 2.24) is 35.1 Å². The van der Waals surface area contributed by atoms with Crippen molar-refractivity contribution in [2.45, 2.75) is 20.4 Å². The van der Waals surface area contributed by atoms with Crippen molar-refractivity contribution in [1.29, 1.82) is 0 Å². The van der Waals surface area contributed by atoms with Gasteiger partial charge in [0.1, 0.15) is 17.2 Å². The summed E-state index contributed by atoms with van der Waals surface area (Å²) in [5.74, 6) is 2.76. The predicted molar refractivity (Wildman–Crippen MR) is 114 cm³/mol. The van der Waals surface area contributed by atoms with Crippen LogP contribution in [-0.2, 0) is 6.54 Å². The topological polar surface area (TPSA) is 118 Å². The number of nitrogens with zero attached hydrogens (tertiary/aromatic N) is 7. The van der Waals surface area contributed by atoms with Crippen LogP contribution in [0.15, 0.2) is 57.7 Å². The van der Waals surface area contributed by atoms with E-state index in [1.165, 1.54) is 0 Å². The zero-order valence-corrected chi connectivity index (χ0v) is 17.7. The van der Waals surface area contributed by atoms with Gasteiger partial charge in [-0.05, 0) is 50.2 Å². The van der Waals surface area contributed by atoms with Gasteiger partial charge in [0.05, 0.1) is 19.3 Å². The monoisotopic (exact) mass is 429 g/mol. The number of hydrogen-bond acceptors (Lipinski definition) is 9. The molecule has 0 amide bonds. The minimum absolute atomic E-state index is 0.295. The standard InChI is InChI=1S/C22H19N7O3/c1-13-19(22-25-20(27-32-22)16-5-4-10-23-11-16)26-28-29(13)12-18-14(2)31-21(24-18)15-6-8-17(30-3)9-7-15/h4-11H,12H2,1-3H3. The largest absolute Gasteiger partial charge is 0.497 e. The molecule has 10 nitrogen and oxygen atoms in total. The van der Waals surface area contributed by atoms with Gasteiger partial charge in [0.15, 0.2) is 5.69 Å². The summed E-state index contributed by atoms with van der Waals surface area (Å²) < 4.78 is 18.2. The maximum Gasteiger partial charge on any atom is 0.280 e. The number of hydrogen-bond donors (Lipinski definition) is 0. The first-order chi connectivity index (χ1) is 15.6. The second-order valence-corrected chi connectivity index (χ2v) is 7.10. The summed E-state index contributed by atoms with van der Waals surface area (Å²) in [5.41, 5.74) is 3.68. The second-order valence-electron chi connectivity index (χ2n) is 7.10. The highest BCUT2D eigenvalue weighted by Crippen LogP contribution is 2.26. The zero-order chi connectivity index (χ0) is 22.1. The first-order valence-corrected chi connectivity index (χ1v) is 9.87. The molecule has 0 atom stereocenters. The van der Waals surface area contributed by atoms with Gasteiger partial charge in [0.2, 0.25) is 11.7 Å². The van der Waals surface area contributed by atoms with Crippen LogP contribution in [0.2, 0.25) is 0 Å². The van der Waals surface area contributed by atoms with Gasteiger partial charge in [-0.25, -0.2) is 9.67 Å². The number of rotatable bonds is 6. The van der Waals surface area contributed by atoms with Gasteiger partial charge in [-0.2, -0.15) is 4.98 Å². The number of ether oxygens (including phenoxy) is 1. The Hall–Kier alpha value is -4.34. The van der Waals surface area contributed by atoms with Crippen molar-refractivity contribution < 1.29 is 13.7 Å². The van der Waals surface area contributed by atoms with E-state index in [0.29, 0.717) is 35.6 Å². The van der Waals surface area contributed by atoms with Crippen LogP contribution in [-0.4, -0.2) is 42.2 Å². The third-order valence-corrected chi connectivity index (χ3v) is 5.06. The molecule has 32 heavy (non-hydrogen) atoms. The summed E-state index contributed by atoms with van der Waals surface area (Å²) >= 11 is 0. The van der Waals surface area contributed by atoms with Crippen LogP contribution in [0.25, 0.3) is 34.4 Å². The minimum atomic E-state index is 0.295. The number of aromatic nitrogens is 7. The van der Waals surface area contributed by atoms with E-state index in [9.17, 15) is 0 Å². The van der Waals surface area contributed by atoms with Crippen molar-refractivity contribution in [3.05, 3.63) is 65.9 Å². The van der Waals surface area contributed by atoms with Crippen LogP contribution in [0, 0.1) is 13.8 Å². The molecule has 0 radical (unpaired) electrons. The van der Waals surface area contributed by atoms with Crippen LogP contribution in [0.3, 0.4) is 0 Å². The summed E-state index contributed by atoms with van der Waals surface area (Å²) in [4.78, 5) is 13.1. The Kier molecular flexibility index (Phi) is 4.94. The highest BCUT2D eigenvalue weighted by atomic mass is 16.5. The molecule has 5 aromatic rings. The number of methoxy groups -OCH3 is 1. The molecular formula is C22H19N7O3. The summed E-state index contributed by atoms with van der Waals surface area (Å²) in [6.07, 6.45) is 3.36. The Labute approximate surface area is 182 Å². The molecule has 0 N–H and O–H groups in total. The average molecular weight is 429 g/mol. The Balaban J connectivity index is 1.39. The Morgan fingerprint density at radius 1 is 1.00 bits per heavy atom. The van der Waals surface area contributed by atoms with Gasteiger partial charge in [-0.1, -0.05) is 10.4 Å². The average Bonchev–Trinajstić information content (AvgIpc) is 3.55. The molecule has 0 aliphatic carbocycles. The molecule has 0 saturated heterocycles. The number of benzene rings is 1. The van der Waals surface area contributed by atoms with Crippen molar-refractivity contribution in [2.75, 3.05) is 7.11 Å². The van der Waals surface area contributed by atoms with E-state index in [4.69, 9.17) is 13.7 Å². The van der Waals surface area contributed by atoms with Crippen LogP contribution in [0.1, 0.15) is 17.1 Å². The first kappa shape index (κ1) is 19.6. The zero-order valence-electron chi connectivity index (χ0n) is 17.7. The predicted octanol–water partition coefficient (Wildman–Crippen LogP) is 3.72. The van der Waals surface area contributed by atoms with Gasteiger partial charge in [0.25, 0.3) is 5.89 Å². The Bertz CT molecular complexity index is 1350. The quantitative estimate of drug-likeness (QED) is 0.398. The van der Waals surface area contributed by atoms with E-state index < -0.39 is 0 Å². The first-order valence-electron chi connectivity index (χ1n) is 9.87. The lowest BCUT2D eigenvalue weighted by Crippen LogP contribution is -2.05. The lowest BCUT2D eigenvalue weighted by Gasteiger charge is -2.00. The molecule has 0 fully saturated rings. The minimum Gasteiger partial charge on any atom is -0.497 e. The molecular weight excluding hydrogens is 410 g/mol. The van der Waals surface area contributed by atoms with Gasteiger partial charge >= 0.3 is 0 Å². The molecule has 5 rings (SSSR count). The van der Waals surface area contributed by atoms with Crippen LogP contribution >= 0.6 is 0 Å². The number of oxazole rings is 1. The fraction of sp³-hybridized carbons (Fsp3) is 0.182. The van der Waals surface area contributed by atoms with Gasteiger partial charge in [0, 0.05) is 23.5 Å². The molecule has 0 bridgehead atoms. The van der Waals surface area contributed by atoms with Gasteiger partial charge in [-0.3, -0.25) is 4.98 Å². The van der Waals surface area contributed by atoms with Crippen LogP contribution < -0.4 is 4.74 Å². The molecule has 4 heterocycles. The molecule has 4 aromatic heterocycles. The van der Waals surface area contributed by atoms with E-state index in [2.05, 4.69) is 30.4 Å². The molecule has 0 aliphatic heterocycles. The highest BCUT2D eigenvalue weighted by molar-refractivity contribution is 5.58.